The van der Waals surface area contributed by atoms with Crippen LogP contribution in [0.25, 0.3) is 0 Å². The summed E-state index contributed by atoms with van der Waals surface area (Å²) in [4.78, 5) is 0. The van der Waals surface area contributed by atoms with Crippen LogP contribution in [0.2, 0.25) is 0 Å². The molecule has 0 heterocycles. The first kappa shape index (κ1) is 12.7. The quantitative estimate of drug-likeness (QED) is 0.825. The summed E-state index contributed by atoms with van der Waals surface area (Å²) in [6, 6.07) is 16.1. The molecule has 0 bridgehead atoms. The Kier molecular flexibility index (Phi) is 4.40. The van der Waals surface area contributed by atoms with Gasteiger partial charge in [0.2, 0.25) is 0 Å². The van der Waals surface area contributed by atoms with Crippen LogP contribution >= 0.6 is 0 Å². The van der Waals surface area contributed by atoms with Crippen molar-refractivity contribution in [2.24, 2.45) is 0 Å². The fraction of sp³-hybridized carbons (Fsp3) is 0.294. The zero-order valence-corrected chi connectivity index (χ0v) is 10.9. The Morgan fingerprint density at radius 3 is 2.11 bits per heavy atom. The van der Waals surface area contributed by atoms with Gasteiger partial charge in [0.1, 0.15) is 5.75 Å². The molecule has 0 fully saturated rings. The van der Waals surface area contributed by atoms with Crippen LogP contribution in [-0.2, 0) is 12.8 Å². The van der Waals surface area contributed by atoms with Gasteiger partial charge in [-0.3, -0.25) is 0 Å². The van der Waals surface area contributed by atoms with Crippen LogP contribution in [-0.4, -0.2) is 5.11 Å². The molecule has 0 aromatic heterocycles. The number of para-hydroxylation sites is 1. The highest BCUT2D eigenvalue weighted by molar-refractivity contribution is 5.39. The van der Waals surface area contributed by atoms with Gasteiger partial charge in [-0.05, 0) is 35.6 Å². The Morgan fingerprint density at radius 1 is 0.833 bits per heavy atom. The average molecular weight is 240 g/mol. The highest BCUT2D eigenvalue weighted by Crippen LogP contribution is 2.22. The summed E-state index contributed by atoms with van der Waals surface area (Å²) in [6.07, 6.45) is 4.37. The van der Waals surface area contributed by atoms with Crippen LogP contribution in [0.4, 0.5) is 0 Å². The van der Waals surface area contributed by atoms with E-state index < -0.39 is 0 Å². The molecule has 0 aliphatic heterocycles. The van der Waals surface area contributed by atoms with E-state index in [1.165, 1.54) is 24.0 Å². The van der Waals surface area contributed by atoms with Crippen molar-refractivity contribution in [1.82, 2.24) is 0 Å². The third-order valence-corrected chi connectivity index (χ3v) is 3.29. The minimum absolute atomic E-state index is 0.391. The maximum atomic E-state index is 9.84. The normalized spacial score (nSPS) is 10.5. The molecule has 2 aromatic carbocycles. The Balaban J connectivity index is 2.21. The van der Waals surface area contributed by atoms with Crippen LogP contribution in [0.5, 0.6) is 5.75 Å². The molecule has 94 valence electrons. The number of aryl methyl sites for hydroxylation is 1. The maximum absolute atomic E-state index is 9.84. The second-order valence-corrected chi connectivity index (χ2v) is 4.68. The van der Waals surface area contributed by atoms with Gasteiger partial charge in [0, 0.05) is 6.42 Å². The Hall–Kier alpha value is -1.76. The molecule has 0 amide bonds. The van der Waals surface area contributed by atoms with Crippen LogP contribution in [0.15, 0.2) is 48.5 Å². The van der Waals surface area contributed by atoms with Crippen molar-refractivity contribution in [2.45, 2.75) is 32.6 Å². The summed E-state index contributed by atoms with van der Waals surface area (Å²) in [5, 5.41) is 9.84. The second kappa shape index (κ2) is 6.25. The smallest absolute Gasteiger partial charge is 0.119 e. The Bertz CT molecular complexity index is 502. The van der Waals surface area contributed by atoms with Crippen molar-refractivity contribution in [3.63, 3.8) is 0 Å². The predicted molar refractivity (Wildman–Crippen MR) is 76.0 cm³/mol. The minimum Gasteiger partial charge on any atom is -0.508 e. The molecule has 0 spiro atoms. The SMILES string of the molecule is CCCCc1ccccc1Cc1ccccc1O. The van der Waals surface area contributed by atoms with Gasteiger partial charge >= 0.3 is 0 Å². The second-order valence-electron chi connectivity index (χ2n) is 4.68. The van der Waals surface area contributed by atoms with Crippen LogP contribution in [0, 0.1) is 0 Å². The average Bonchev–Trinajstić information content (AvgIpc) is 2.40. The van der Waals surface area contributed by atoms with Crippen molar-refractivity contribution >= 4 is 0 Å². The van der Waals surface area contributed by atoms with Gasteiger partial charge in [-0.25, -0.2) is 0 Å². The zero-order chi connectivity index (χ0) is 12.8. The highest BCUT2D eigenvalue weighted by atomic mass is 16.3. The first-order valence-electron chi connectivity index (χ1n) is 6.65. The molecule has 2 aromatic rings. The van der Waals surface area contributed by atoms with E-state index in [2.05, 4.69) is 31.2 Å². The van der Waals surface area contributed by atoms with Gasteiger partial charge < -0.3 is 5.11 Å². The predicted octanol–water partition coefficient (Wildman–Crippen LogP) is 4.33. The molecule has 0 aliphatic rings. The minimum atomic E-state index is 0.391. The van der Waals surface area contributed by atoms with Gasteiger partial charge in [-0.2, -0.15) is 0 Å². The third-order valence-electron chi connectivity index (χ3n) is 3.29. The van der Waals surface area contributed by atoms with Gasteiger partial charge in [0.05, 0.1) is 0 Å². The Labute approximate surface area is 109 Å². The van der Waals surface area contributed by atoms with E-state index in [1.807, 2.05) is 18.2 Å². The largest absolute Gasteiger partial charge is 0.508 e. The third kappa shape index (κ3) is 3.13. The van der Waals surface area contributed by atoms with E-state index in [0.717, 1.165) is 18.4 Å². The molecule has 0 unspecified atom stereocenters. The number of benzene rings is 2. The summed E-state index contributed by atoms with van der Waals surface area (Å²) < 4.78 is 0. The lowest BCUT2D eigenvalue weighted by molar-refractivity contribution is 0.469. The topological polar surface area (TPSA) is 20.2 Å². The van der Waals surface area contributed by atoms with Crippen molar-refractivity contribution in [2.75, 3.05) is 0 Å². The number of rotatable bonds is 5. The van der Waals surface area contributed by atoms with E-state index in [1.54, 1.807) is 6.07 Å². The first-order chi connectivity index (χ1) is 8.81. The molecule has 2 rings (SSSR count). The lowest BCUT2D eigenvalue weighted by atomic mass is 9.96. The van der Waals surface area contributed by atoms with E-state index in [0.29, 0.717) is 5.75 Å². The Morgan fingerprint density at radius 2 is 1.44 bits per heavy atom. The fourth-order valence-corrected chi connectivity index (χ4v) is 2.21. The first-order valence-corrected chi connectivity index (χ1v) is 6.65. The number of aromatic hydroxyl groups is 1. The lowest BCUT2D eigenvalue weighted by Crippen LogP contribution is -1.96. The number of hydrogen-bond acceptors (Lipinski definition) is 1. The summed E-state index contributed by atoms with van der Waals surface area (Å²) in [6.45, 7) is 2.21. The molecule has 0 radical (unpaired) electrons. The monoisotopic (exact) mass is 240 g/mol. The molecule has 0 atom stereocenters. The van der Waals surface area contributed by atoms with E-state index >= 15 is 0 Å². The molecular weight excluding hydrogens is 220 g/mol. The number of phenolic OH excluding ortho intramolecular Hbond substituents is 1. The van der Waals surface area contributed by atoms with Crippen LogP contribution < -0.4 is 0 Å². The summed E-state index contributed by atoms with van der Waals surface area (Å²) in [5.74, 6) is 0.391. The maximum Gasteiger partial charge on any atom is 0.119 e. The van der Waals surface area contributed by atoms with Crippen LogP contribution in [0.1, 0.15) is 36.5 Å². The van der Waals surface area contributed by atoms with Crippen LogP contribution in [0.3, 0.4) is 0 Å². The number of phenols is 1. The lowest BCUT2D eigenvalue weighted by Gasteiger charge is -2.10. The number of hydrogen-bond donors (Lipinski definition) is 1. The van der Waals surface area contributed by atoms with Gasteiger partial charge in [-0.1, -0.05) is 55.8 Å². The standard InChI is InChI=1S/C17H20O/c1-2-3-8-14-9-4-5-10-15(14)13-16-11-6-7-12-17(16)18/h4-7,9-12,18H,2-3,8,13H2,1H3. The summed E-state index contributed by atoms with van der Waals surface area (Å²) in [7, 11) is 0. The summed E-state index contributed by atoms with van der Waals surface area (Å²) >= 11 is 0. The molecule has 1 heteroatoms. The van der Waals surface area contributed by atoms with E-state index in [9.17, 15) is 5.11 Å². The van der Waals surface area contributed by atoms with Crippen molar-refractivity contribution in [1.29, 1.82) is 0 Å². The summed E-state index contributed by atoms with van der Waals surface area (Å²) in [5.41, 5.74) is 3.73. The van der Waals surface area contributed by atoms with Gasteiger partial charge in [0.25, 0.3) is 0 Å². The van der Waals surface area contributed by atoms with Crippen molar-refractivity contribution in [3.05, 3.63) is 65.2 Å². The van der Waals surface area contributed by atoms with E-state index in [4.69, 9.17) is 0 Å². The molecule has 18 heavy (non-hydrogen) atoms. The fourth-order valence-electron chi connectivity index (χ4n) is 2.21. The molecule has 0 saturated carbocycles. The molecule has 0 aliphatic carbocycles. The highest BCUT2D eigenvalue weighted by Gasteiger charge is 2.05. The van der Waals surface area contributed by atoms with Crippen molar-refractivity contribution in [3.8, 4) is 5.75 Å². The molecule has 1 nitrogen and oxygen atoms in total. The molecule has 0 saturated heterocycles. The zero-order valence-electron chi connectivity index (χ0n) is 10.9. The van der Waals surface area contributed by atoms with Gasteiger partial charge in [-0.15, -0.1) is 0 Å². The molecule has 1 N–H and O–H groups in total. The van der Waals surface area contributed by atoms with Crippen molar-refractivity contribution < 1.29 is 5.11 Å². The van der Waals surface area contributed by atoms with E-state index in [-0.39, 0.29) is 0 Å². The van der Waals surface area contributed by atoms with Gasteiger partial charge in [0.15, 0.2) is 0 Å². The molecular formula is C17H20O. The number of unbranched alkanes of at least 4 members (excludes halogenated alkanes) is 1.